The quantitative estimate of drug-likeness (QED) is 0.602. The molecule has 3 rings (SSSR count). The fraction of sp³-hybridized carbons (Fsp3) is 0.190. The Morgan fingerprint density at radius 1 is 1.00 bits per heavy atom. The van der Waals surface area contributed by atoms with E-state index in [2.05, 4.69) is 34.3 Å². The van der Waals surface area contributed by atoms with Gasteiger partial charge in [-0.25, -0.2) is 4.98 Å². The van der Waals surface area contributed by atoms with Crippen molar-refractivity contribution in [2.24, 2.45) is 0 Å². The van der Waals surface area contributed by atoms with E-state index in [4.69, 9.17) is 0 Å². The van der Waals surface area contributed by atoms with Crippen molar-refractivity contribution in [3.63, 3.8) is 0 Å². The SMILES string of the molecule is CCCc1ccc(NC(=O)c2cccnc2SCc2ccncc2)cc1. The Labute approximate surface area is 158 Å². The second-order valence-electron chi connectivity index (χ2n) is 5.90. The molecule has 0 aliphatic heterocycles. The minimum absolute atomic E-state index is 0.140. The largest absolute Gasteiger partial charge is 0.322 e. The van der Waals surface area contributed by atoms with Crippen LogP contribution < -0.4 is 5.32 Å². The highest BCUT2D eigenvalue weighted by Gasteiger charge is 2.13. The Morgan fingerprint density at radius 2 is 1.77 bits per heavy atom. The standard InChI is InChI=1S/C21H21N3OS/c1-2-4-16-6-8-18(9-7-16)24-20(25)19-5-3-12-23-21(19)26-15-17-10-13-22-14-11-17/h3,5-14H,2,4,15H2,1H3,(H,24,25). The van der Waals surface area contributed by atoms with Gasteiger partial charge in [0.2, 0.25) is 0 Å². The lowest BCUT2D eigenvalue weighted by atomic mass is 10.1. The summed E-state index contributed by atoms with van der Waals surface area (Å²) in [6, 6.07) is 15.5. The molecule has 26 heavy (non-hydrogen) atoms. The molecule has 1 aromatic carbocycles. The molecule has 1 amide bonds. The van der Waals surface area contributed by atoms with Crippen molar-refractivity contribution >= 4 is 23.4 Å². The third kappa shape index (κ3) is 4.92. The number of nitrogens with zero attached hydrogens (tertiary/aromatic N) is 2. The highest BCUT2D eigenvalue weighted by molar-refractivity contribution is 7.98. The van der Waals surface area contributed by atoms with Crippen LogP contribution in [-0.4, -0.2) is 15.9 Å². The molecule has 2 aromatic heterocycles. The summed E-state index contributed by atoms with van der Waals surface area (Å²) in [6.45, 7) is 2.16. The predicted molar refractivity (Wildman–Crippen MR) is 106 cm³/mol. The number of aryl methyl sites for hydroxylation is 1. The summed E-state index contributed by atoms with van der Waals surface area (Å²) in [5.41, 5.74) is 3.81. The molecular weight excluding hydrogens is 342 g/mol. The number of carbonyl (C=O) groups excluding carboxylic acids is 1. The average molecular weight is 363 g/mol. The monoisotopic (exact) mass is 363 g/mol. The van der Waals surface area contributed by atoms with E-state index in [1.165, 1.54) is 5.56 Å². The van der Waals surface area contributed by atoms with Crippen molar-refractivity contribution in [2.75, 3.05) is 5.32 Å². The number of aromatic nitrogens is 2. The third-order valence-electron chi connectivity index (χ3n) is 3.89. The minimum Gasteiger partial charge on any atom is -0.322 e. The van der Waals surface area contributed by atoms with Gasteiger partial charge < -0.3 is 5.32 Å². The minimum atomic E-state index is -0.140. The van der Waals surface area contributed by atoms with Crippen LogP contribution in [0.5, 0.6) is 0 Å². The zero-order chi connectivity index (χ0) is 18.2. The Kier molecular flexibility index (Phi) is 6.39. The maximum absolute atomic E-state index is 12.7. The van der Waals surface area contributed by atoms with E-state index in [1.807, 2.05) is 30.3 Å². The number of thioether (sulfide) groups is 1. The van der Waals surface area contributed by atoms with Crippen LogP contribution in [0.15, 0.2) is 72.1 Å². The van der Waals surface area contributed by atoms with Crippen LogP contribution in [0.3, 0.4) is 0 Å². The fourth-order valence-corrected chi connectivity index (χ4v) is 3.50. The highest BCUT2D eigenvalue weighted by atomic mass is 32.2. The predicted octanol–water partition coefficient (Wildman–Crippen LogP) is 4.97. The molecule has 0 fully saturated rings. The molecular formula is C21H21N3OS. The molecule has 0 spiro atoms. The summed E-state index contributed by atoms with van der Waals surface area (Å²) in [5, 5.41) is 3.69. The zero-order valence-electron chi connectivity index (χ0n) is 14.7. The summed E-state index contributed by atoms with van der Waals surface area (Å²) < 4.78 is 0. The number of carbonyl (C=O) groups is 1. The molecule has 0 bridgehead atoms. The Morgan fingerprint density at radius 3 is 2.50 bits per heavy atom. The van der Waals surface area contributed by atoms with Crippen LogP contribution in [0, 0.1) is 0 Å². The summed E-state index contributed by atoms with van der Waals surface area (Å²) >= 11 is 1.55. The maximum Gasteiger partial charge on any atom is 0.258 e. The summed E-state index contributed by atoms with van der Waals surface area (Å²) in [4.78, 5) is 21.1. The van der Waals surface area contributed by atoms with Crippen LogP contribution in [0.2, 0.25) is 0 Å². The van der Waals surface area contributed by atoms with Gasteiger partial charge in [-0.1, -0.05) is 25.5 Å². The normalized spacial score (nSPS) is 10.5. The molecule has 5 heteroatoms. The smallest absolute Gasteiger partial charge is 0.258 e. The second kappa shape index (κ2) is 9.15. The molecule has 2 heterocycles. The first-order valence-corrected chi connectivity index (χ1v) is 9.62. The van der Waals surface area contributed by atoms with Crippen molar-refractivity contribution in [3.05, 3.63) is 83.8 Å². The number of pyridine rings is 2. The Balaban J connectivity index is 1.69. The number of anilines is 1. The first-order chi connectivity index (χ1) is 12.8. The lowest BCUT2D eigenvalue weighted by Crippen LogP contribution is -2.13. The van der Waals surface area contributed by atoms with E-state index < -0.39 is 0 Å². The van der Waals surface area contributed by atoms with Gasteiger partial charge in [-0.3, -0.25) is 9.78 Å². The summed E-state index contributed by atoms with van der Waals surface area (Å²) in [7, 11) is 0. The topological polar surface area (TPSA) is 54.9 Å². The fourth-order valence-electron chi connectivity index (χ4n) is 2.55. The Hall–Kier alpha value is -2.66. The molecule has 0 radical (unpaired) electrons. The van der Waals surface area contributed by atoms with E-state index >= 15 is 0 Å². The molecule has 3 aromatic rings. The van der Waals surface area contributed by atoms with Gasteiger partial charge in [-0.2, -0.15) is 0 Å². The average Bonchev–Trinajstić information content (AvgIpc) is 2.69. The molecule has 132 valence electrons. The number of rotatable bonds is 7. The summed E-state index contributed by atoms with van der Waals surface area (Å²) in [5.74, 6) is 0.601. The number of benzene rings is 1. The first kappa shape index (κ1) is 18.1. The second-order valence-corrected chi connectivity index (χ2v) is 6.87. The molecule has 4 nitrogen and oxygen atoms in total. The van der Waals surface area contributed by atoms with Gasteiger partial charge in [0.1, 0.15) is 5.03 Å². The molecule has 0 aliphatic rings. The van der Waals surface area contributed by atoms with Crippen LogP contribution >= 0.6 is 11.8 Å². The van der Waals surface area contributed by atoms with Gasteiger partial charge in [0.25, 0.3) is 5.91 Å². The van der Waals surface area contributed by atoms with Crippen LogP contribution in [0.1, 0.15) is 34.8 Å². The molecule has 0 atom stereocenters. The van der Waals surface area contributed by atoms with Gasteiger partial charge in [0, 0.05) is 30.0 Å². The molecule has 1 N–H and O–H groups in total. The molecule has 0 saturated heterocycles. The molecule has 0 unspecified atom stereocenters. The van der Waals surface area contributed by atoms with Gasteiger partial charge >= 0.3 is 0 Å². The molecule has 0 saturated carbocycles. The van der Waals surface area contributed by atoms with Crippen LogP contribution in [0.25, 0.3) is 0 Å². The Bertz CT molecular complexity index is 851. The zero-order valence-corrected chi connectivity index (χ0v) is 15.5. The van der Waals surface area contributed by atoms with Gasteiger partial charge in [0.05, 0.1) is 5.56 Å². The maximum atomic E-state index is 12.7. The number of hydrogen-bond donors (Lipinski definition) is 1. The van der Waals surface area contributed by atoms with E-state index in [-0.39, 0.29) is 5.91 Å². The van der Waals surface area contributed by atoms with Gasteiger partial charge in [-0.15, -0.1) is 11.8 Å². The summed E-state index contributed by atoms with van der Waals surface area (Å²) in [6.07, 6.45) is 7.41. The van der Waals surface area contributed by atoms with Crippen molar-refractivity contribution in [3.8, 4) is 0 Å². The van der Waals surface area contributed by atoms with E-state index in [0.29, 0.717) is 5.56 Å². The van der Waals surface area contributed by atoms with E-state index in [0.717, 1.165) is 34.9 Å². The number of hydrogen-bond acceptors (Lipinski definition) is 4. The van der Waals surface area contributed by atoms with Crippen molar-refractivity contribution in [1.82, 2.24) is 9.97 Å². The van der Waals surface area contributed by atoms with Crippen LogP contribution in [-0.2, 0) is 12.2 Å². The van der Waals surface area contributed by atoms with E-state index in [1.54, 1.807) is 36.4 Å². The van der Waals surface area contributed by atoms with E-state index in [9.17, 15) is 4.79 Å². The highest BCUT2D eigenvalue weighted by Crippen LogP contribution is 2.24. The van der Waals surface area contributed by atoms with Gasteiger partial charge in [-0.05, 0) is 53.9 Å². The molecule has 0 aliphatic carbocycles. The lowest BCUT2D eigenvalue weighted by molar-refractivity contribution is 0.102. The van der Waals surface area contributed by atoms with Gasteiger partial charge in [0.15, 0.2) is 0 Å². The van der Waals surface area contributed by atoms with Crippen molar-refractivity contribution < 1.29 is 4.79 Å². The van der Waals surface area contributed by atoms with Crippen molar-refractivity contribution in [1.29, 1.82) is 0 Å². The van der Waals surface area contributed by atoms with Crippen molar-refractivity contribution in [2.45, 2.75) is 30.5 Å². The lowest BCUT2D eigenvalue weighted by Gasteiger charge is -2.10. The third-order valence-corrected chi connectivity index (χ3v) is 4.97. The number of nitrogens with one attached hydrogen (secondary N) is 1. The number of amides is 1. The van der Waals surface area contributed by atoms with Crippen LogP contribution in [0.4, 0.5) is 5.69 Å². The first-order valence-electron chi connectivity index (χ1n) is 8.63.